The number of hydrogen-bond acceptors (Lipinski definition) is 7. The summed E-state index contributed by atoms with van der Waals surface area (Å²) in [7, 11) is 0. The molecule has 0 aliphatic carbocycles. The van der Waals surface area contributed by atoms with E-state index < -0.39 is 28.5 Å². The van der Waals surface area contributed by atoms with Gasteiger partial charge in [0, 0.05) is 22.9 Å². The predicted molar refractivity (Wildman–Crippen MR) is 118 cm³/mol. The first-order chi connectivity index (χ1) is 15.0. The standard InChI is InChI=1S/C24H26O6S/c1-2-13-3-5-14(6-4-13)7-15-11-29-19-8-16-12-30-24(18(16)9-17(15)19)23(28)22(27)21(26)20(10-25)31-24/h3-6,8-9,11,20-23,25-28H,2,7,10,12H2,1H3/t20-,21-,22+,23-,24+/m1/s1. The number of benzene rings is 2. The van der Waals surface area contributed by atoms with Crippen LogP contribution in [-0.2, 0) is 29.1 Å². The zero-order valence-corrected chi connectivity index (χ0v) is 18.0. The van der Waals surface area contributed by atoms with Gasteiger partial charge in [0.25, 0.3) is 0 Å². The maximum atomic E-state index is 10.9. The highest BCUT2D eigenvalue weighted by Crippen LogP contribution is 2.54. The number of aliphatic hydroxyl groups is 4. The van der Waals surface area contributed by atoms with E-state index >= 15 is 0 Å². The fourth-order valence-electron chi connectivity index (χ4n) is 4.61. The Balaban J connectivity index is 1.55. The molecule has 5 atom stereocenters. The summed E-state index contributed by atoms with van der Waals surface area (Å²) in [6, 6.07) is 12.4. The van der Waals surface area contributed by atoms with Gasteiger partial charge in [-0.25, -0.2) is 0 Å². The van der Waals surface area contributed by atoms with Crippen LogP contribution < -0.4 is 0 Å². The summed E-state index contributed by atoms with van der Waals surface area (Å²) < 4.78 is 11.8. The fourth-order valence-corrected chi connectivity index (χ4v) is 6.16. The first kappa shape index (κ1) is 21.0. The van der Waals surface area contributed by atoms with Gasteiger partial charge in [-0.1, -0.05) is 31.2 Å². The van der Waals surface area contributed by atoms with E-state index in [2.05, 4.69) is 31.2 Å². The van der Waals surface area contributed by atoms with Crippen LogP contribution in [-0.4, -0.2) is 50.6 Å². The van der Waals surface area contributed by atoms with Gasteiger partial charge < -0.3 is 29.6 Å². The molecule has 2 aliphatic heterocycles. The molecule has 3 aromatic rings. The number of hydrogen-bond donors (Lipinski definition) is 4. The lowest BCUT2D eigenvalue weighted by molar-refractivity contribution is -0.147. The largest absolute Gasteiger partial charge is 0.464 e. The molecule has 4 N–H and O–H groups in total. The summed E-state index contributed by atoms with van der Waals surface area (Å²) in [6.45, 7) is 2.06. The zero-order chi connectivity index (χ0) is 21.8. The smallest absolute Gasteiger partial charge is 0.168 e. The second-order valence-electron chi connectivity index (χ2n) is 8.33. The van der Waals surface area contributed by atoms with Gasteiger partial charge in [0.15, 0.2) is 4.93 Å². The Morgan fingerprint density at radius 3 is 2.52 bits per heavy atom. The minimum absolute atomic E-state index is 0.255. The van der Waals surface area contributed by atoms with Crippen molar-refractivity contribution in [2.45, 2.75) is 54.9 Å². The molecule has 0 bridgehead atoms. The number of aliphatic hydroxyl groups excluding tert-OH is 4. The number of aryl methyl sites for hydroxylation is 1. The van der Waals surface area contributed by atoms with Crippen LogP contribution in [0.15, 0.2) is 47.1 Å². The van der Waals surface area contributed by atoms with Crippen molar-refractivity contribution in [3.05, 3.63) is 70.5 Å². The molecule has 3 heterocycles. The Morgan fingerprint density at radius 1 is 1.06 bits per heavy atom. The number of rotatable bonds is 4. The Kier molecular flexibility index (Phi) is 5.37. The quantitative estimate of drug-likeness (QED) is 0.492. The number of fused-ring (bicyclic) bond motifs is 3. The van der Waals surface area contributed by atoms with E-state index in [0.717, 1.165) is 34.1 Å². The summed E-state index contributed by atoms with van der Waals surface area (Å²) in [5.74, 6) is 0. The first-order valence-corrected chi connectivity index (χ1v) is 11.4. The van der Waals surface area contributed by atoms with Crippen molar-refractivity contribution >= 4 is 22.7 Å². The van der Waals surface area contributed by atoms with Crippen molar-refractivity contribution in [1.82, 2.24) is 0 Å². The van der Waals surface area contributed by atoms with Gasteiger partial charge in [0.1, 0.15) is 17.8 Å². The van der Waals surface area contributed by atoms with Crippen molar-refractivity contribution in [2.24, 2.45) is 0 Å². The van der Waals surface area contributed by atoms with Crippen LogP contribution in [0.1, 0.15) is 34.7 Å². The molecule has 2 aromatic carbocycles. The van der Waals surface area contributed by atoms with E-state index in [1.54, 1.807) is 6.26 Å². The molecule has 7 heteroatoms. The van der Waals surface area contributed by atoms with E-state index in [-0.39, 0.29) is 13.2 Å². The fraction of sp³-hybridized carbons (Fsp3) is 0.417. The molecule has 0 unspecified atom stereocenters. The molecule has 2 aliphatic rings. The van der Waals surface area contributed by atoms with E-state index in [9.17, 15) is 20.4 Å². The minimum atomic E-state index is -1.42. The highest BCUT2D eigenvalue weighted by molar-refractivity contribution is 8.00. The third-order valence-corrected chi connectivity index (χ3v) is 8.13. The Hall–Kier alpha value is -1.87. The second-order valence-corrected chi connectivity index (χ2v) is 9.78. The van der Waals surface area contributed by atoms with Crippen molar-refractivity contribution in [3.8, 4) is 0 Å². The van der Waals surface area contributed by atoms with Crippen LogP contribution in [0.5, 0.6) is 0 Å². The lowest BCUT2D eigenvalue weighted by Gasteiger charge is -2.45. The van der Waals surface area contributed by atoms with Gasteiger partial charge in [-0.05, 0) is 35.2 Å². The lowest BCUT2D eigenvalue weighted by Crippen LogP contribution is -2.58. The molecule has 1 aromatic heterocycles. The minimum Gasteiger partial charge on any atom is -0.464 e. The van der Waals surface area contributed by atoms with Crippen LogP contribution in [0.3, 0.4) is 0 Å². The monoisotopic (exact) mass is 442 g/mol. The third-order valence-electron chi connectivity index (χ3n) is 6.47. The number of furan rings is 1. The molecular weight excluding hydrogens is 416 g/mol. The molecule has 5 rings (SSSR count). The van der Waals surface area contributed by atoms with Gasteiger partial charge in [0.05, 0.1) is 30.8 Å². The molecule has 0 radical (unpaired) electrons. The topological polar surface area (TPSA) is 103 Å². The van der Waals surface area contributed by atoms with Crippen LogP contribution in [0.4, 0.5) is 0 Å². The molecule has 1 spiro atoms. The average Bonchev–Trinajstić information content (AvgIpc) is 3.35. The first-order valence-electron chi connectivity index (χ1n) is 10.5. The molecule has 1 fully saturated rings. The van der Waals surface area contributed by atoms with Crippen molar-refractivity contribution in [1.29, 1.82) is 0 Å². The SMILES string of the molecule is CCc1ccc(Cc2coc3cc4c(cc23)[C@]2(OC4)S[C@H](CO)[C@@H](O)[C@H](O)[C@H]2O)cc1. The zero-order valence-electron chi connectivity index (χ0n) is 17.2. The van der Waals surface area contributed by atoms with Crippen LogP contribution in [0.2, 0.25) is 0 Å². The Bertz CT molecular complexity index is 1090. The molecule has 164 valence electrons. The Morgan fingerprint density at radius 2 is 1.81 bits per heavy atom. The van der Waals surface area contributed by atoms with Gasteiger partial charge in [0.2, 0.25) is 0 Å². The van der Waals surface area contributed by atoms with Crippen LogP contribution in [0.25, 0.3) is 11.0 Å². The molecule has 31 heavy (non-hydrogen) atoms. The predicted octanol–water partition coefficient (Wildman–Crippen LogP) is 2.46. The normalized spacial score (nSPS) is 30.2. The highest BCUT2D eigenvalue weighted by atomic mass is 32.2. The summed E-state index contributed by atoms with van der Waals surface area (Å²) in [5, 5.41) is 41.5. The van der Waals surface area contributed by atoms with Crippen molar-refractivity contribution in [3.63, 3.8) is 0 Å². The highest BCUT2D eigenvalue weighted by Gasteiger charge is 2.57. The van der Waals surface area contributed by atoms with Gasteiger partial charge >= 0.3 is 0 Å². The van der Waals surface area contributed by atoms with E-state index in [1.165, 1.54) is 22.9 Å². The number of ether oxygens (including phenoxy) is 1. The maximum absolute atomic E-state index is 10.9. The summed E-state index contributed by atoms with van der Waals surface area (Å²) in [4.78, 5) is -1.24. The summed E-state index contributed by atoms with van der Waals surface area (Å²) in [6.07, 6.45) is -0.506. The van der Waals surface area contributed by atoms with Gasteiger partial charge in [-0.2, -0.15) is 0 Å². The molecule has 1 saturated heterocycles. The average molecular weight is 443 g/mol. The van der Waals surface area contributed by atoms with Crippen molar-refractivity contribution < 1.29 is 29.6 Å². The summed E-state index contributed by atoms with van der Waals surface area (Å²) in [5.41, 5.74) is 5.86. The molecular formula is C24H26O6S. The molecule has 0 amide bonds. The maximum Gasteiger partial charge on any atom is 0.168 e. The number of thioether (sulfide) groups is 1. The second kappa shape index (κ2) is 7.92. The molecule has 6 nitrogen and oxygen atoms in total. The Labute approximate surface area is 184 Å². The van der Waals surface area contributed by atoms with Gasteiger partial charge in [-0.3, -0.25) is 0 Å². The lowest BCUT2D eigenvalue weighted by atomic mass is 9.91. The van der Waals surface area contributed by atoms with Crippen LogP contribution in [0, 0.1) is 0 Å². The van der Waals surface area contributed by atoms with Crippen molar-refractivity contribution in [2.75, 3.05) is 6.61 Å². The van der Waals surface area contributed by atoms with E-state index in [1.807, 2.05) is 12.1 Å². The van der Waals surface area contributed by atoms with Crippen LogP contribution >= 0.6 is 11.8 Å². The van der Waals surface area contributed by atoms with E-state index in [0.29, 0.717) is 6.42 Å². The molecule has 0 saturated carbocycles. The third kappa shape index (κ3) is 3.31. The van der Waals surface area contributed by atoms with Gasteiger partial charge in [-0.15, -0.1) is 11.8 Å². The summed E-state index contributed by atoms with van der Waals surface area (Å²) >= 11 is 1.17. The van der Waals surface area contributed by atoms with E-state index in [4.69, 9.17) is 9.15 Å².